The van der Waals surface area contributed by atoms with E-state index in [9.17, 15) is 14.4 Å². The van der Waals surface area contributed by atoms with E-state index in [1.54, 1.807) is 36.4 Å². The first-order valence-corrected chi connectivity index (χ1v) is 9.96. The summed E-state index contributed by atoms with van der Waals surface area (Å²) in [5.74, 6) is -0.843. The molecule has 1 unspecified atom stereocenters. The maximum absolute atomic E-state index is 12.7. The van der Waals surface area contributed by atoms with Crippen LogP contribution in [-0.2, 0) is 20.7 Å². The van der Waals surface area contributed by atoms with Gasteiger partial charge in [0.25, 0.3) is 0 Å². The number of esters is 2. The zero-order valence-electron chi connectivity index (χ0n) is 17.9. The van der Waals surface area contributed by atoms with E-state index in [1.165, 1.54) is 19.1 Å². The first kappa shape index (κ1) is 23.9. The van der Waals surface area contributed by atoms with E-state index >= 15 is 0 Å². The van der Waals surface area contributed by atoms with Crippen LogP contribution >= 0.6 is 0 Å². The van der Waals surface area contributed by atoms with Crippen LogP contribution < -0.4 is 20.5 Å². The van der Waals surface area contributed by atoms with E-state index in [0.29, 0.717) is 12.3 Å². The highest BCUT2D eigenvalue weighted by molar-refractivity contribution is 5.93. The van der Waals surface area contributed by atoms with Gasteiger partial charge in [0.2, 0.25) is 5.91 Å². The van der Waals surface area contributed by atoms with E-state index in [-0.39, 0.29) is 30.4 Å². The molecule has 166 valence electrons. The molecule has 0 aromatic heterocycles. The van der Waals surface area contributed by atoms with Gasteiger partial charge in [-0.1, -0.05) is 38.1 Å². The summed E-state index contributed by atoms with van der Waals surface area (Å²) in [5, 5.41) is 3.22. The first-order chi connectivity index (χ1) is 14.7. The maximum Gasteiger partial charge on any atom is 0.342 e. The second kappa shape index (κ2) is 11.7. The highest BCUT2D eigenvalue weighted by atomic mass is 16.6. The molecular formula is C23H28N2O6. The lowest BCUT2D eigenvalue weighted by atomic mass is 10.1. The summed E-state index contributed by atoms with van der Waals surface area (Å²) in [7, 11) is 0. The van der Waals surface area contributed by atoms with Crippen LogP contribution in [0, 0.1) is 0 Å². The highest BCUT2D eigenvalue weighted by Crippen LogP contribution is 2.20. The van der Waals surface area contributed by atoms with Crippen LogP contribution in [0.4, 0.5) is 0 Å². The lowest BCUT2D eigenvalue weighted by Gasteiger charge is -2.21. The van der Waals surface area contributed by atoms with Crippen molar-refractivity contribution in [1.82, 2.24) is 5.32 Å². The molecule has 0 bridgehead atoms. The minimum Gasteiger partial charge on any atom is -0.490 e. The third-order valence-electron chi connectivity index (χ3n) is 4.13. The summed E-state index contributed by atoms with van der Waals surface area (Å²) in [5.41, 5.74) is 6.14. The third-order valence-corrected chi connectivity index (χ3v) is 4.13. The lowest BCUT2D eigenvalue weighted by Crippen LogP contribution is -2.38. The molecule has 0 fully saturated rings. The van der Waals surface area contributed by atoms with Gasteiger partial charge in [0.1, 0.15) is 29.8 Å². The van der Waals surface area contributed by atoms with Crippen LogP contribution in [0.2, 0.25) is 0 Å². The molecule has 0 spiro atoms. The van der Waals surface area contributed by atoms with Crippen LogP contribution in [0.25, 0.3) is 0 Å². The fourth-order valence-corrected chi connectivity index (χ4v) is 2.69. The van der Waals surface area contributed by atoms with Crippen molar-refractivity contribution in [1.29, 1.82) is 0 Å². The molecule has 0 saturated heterocycles. The van der Waals surface area contributed by atoms with E-state index < -0.39 is 23.9 Å². The number of amides is 1. The SMILES string of the molecule is CC(=O)Oc1ccccc1C(=O)OC(CNC(C)C)COc1ccc(CC(N)=O)cc1. The van der Waals surface area contributed by atoms with Crippen molar-refractivity contribution in [2.75, 3.05) is 13.2 Å². The monoisotopic (exact) mass is 428 g/mol. The number of para-hydroxylation sites is 1. The zero-order chi connectivity index (χ0) is 22.8. The lowest BCUT2D eigenvalue weighted by molar-refractivity contribution is -0.131. The van der Waals surface area contributed by atoms with E-state index in [1.807, 2.05) is 13.8 Å². The van der Waals surface area contributed by atoms with E-state index in [0.717, 1.165) is 5.56 Å². The van der Waals surface area contributed by atoms with Crippen molar-refractivity contribution < 1.29 is 28.6 Å². The molecule has 31 heavy (non-hydrogen) atoms. The summed E-state index contributed by atoms with van der Waals surface area (Å²) in [6.07, 6.45) is -0.439. The van der Waals surface area contributed by atoms with Crippen molar-refractivity contribution in [3.8, 4) is 11.5 Å². The zero-order valence-corrected chi connectivity index (χ0v) is 17.9. The Labute approximate surface area is 181 Å². The smallest absolute Gasteiger partial charge is 0.342 e. The van der Waals surface area contributed by atoms with Crippen molar-refractivity contribution >= 4 is 17.8 Å². The number of carbonyl (C=O) groups is 3. The molecule has 1 amide bonds. The first-order valence-electron chi connectivity index (χ1n) is 9.96. The van der Waals surface area contributed by atoms with Gasteiger partial charge < -0.3 is 25.3 Å². The average Bonchev–Trinajstić information content (AvgIpc) is 2.70. The van der Waals surface area contributed by atoms with Crippen LogP contribution in [0.5, 0.6) is 11.5 Å². The number of nitrogens with one attached hydrogen (secondary N) is 1. The number of rotatable bonds is 11. The largest absolute Gasteiger partial charge is 0.490 e. The summed E-state index contributed by atoms with van der Waals surface area (Å²) in [4.78, 5) is 35.0. The second-order valence-corrected chi connectivity index (χ2v) is 7.28. The number of hydrogen-bond acceptors (Lipinski definition) is 7. The molecule has 3 N–H and O–H groups in total. The summed E-state index contributed by atoms with van der Waals surface area (Å²) in [6, 6.07) is 13.5. The van der Waals surface area contributed by atoms with Crippen molar-refractivity contribution in [3.05, 3.63) is 59.7 Å². The van der Waals surface area contributed by atoms with Crippen LogP contribution in [-0.4, -0.2) is 43.1 Å². The molecule has 0 heterocycles. The standard InChI is InChI=1S/C23H28N2O6/c1-15(2)25-13-19(14-29-18-10-8-17(9-11-18)12-22(24)27)31-23(28)20-6-4-5-7-21(20)30-16(3)26/h4-11,15,19,25H,12-14H2,1-3H3,(H2,24,27). The van der Waals surface area contributed by atoms with Gasteiger partial charge in [-0.25, -0.2) is 4.79 Å². The second-order valence-electron chi connectivity index (χ2n) is 7.28. The van der Waals surface area contributed by atoms with Gasteiger partial charge in [0.15, 0.2) is 0 Å². The van der Waals surface area contributed by atoms with Gasteiger partial charge in [0, 0.05) is 19.5 Å². The van der Waals surface area contributed by atoms with Gasteiger partial charge in [-0.15, -0.1) is 0 Å². The Hall–Kier alpha value is -3.39. The molecule has 0 aliphatic carbocycles. The molecule has 0 aliphatic rings. The molecule has 2 aromatic rings. The minimum absolute atomic E-state index is 0.107. The highest BCUT2D eigenvalue weighted by Gasteiger charge is 2.21. The molecule has 8 heteroatoms. The maximum atomic E-state index is 12.7. The van der Waals surface area contributed by atoms with Crippen LogP contribution in [0.15, 0.2) is 48.5 Å². The van der Waals surface area contributed by atoms with Crippen molar-refractivity contribution in [2.45, 2.75) is 39.3 Å². The minimum atomic E-state index is -0.618. The Morgan fingerprint density at radius 3 is 2.32 bits per heavy atom. The predicted molar refractivity (Wildman–Crippen MR) is 115 cm³/mol. The fraction of sp³-hybridized carbons (Fsp3) is 0.348. The Bertz CT molecular complexity index is 895. The van der Waals surface area contributed by atoms with Gasteiger partial charge in [0.05, 0.1) is 6.42 Å². The Morgan fingerprint density at radius 1 is 1.03 bits per heavy atom. The molecule has 0 aliphatic heterocycles. The Kier molecular flexibility index (Phi) is 9.02. The molecule has 8 nitrogen and oxygen atoms in total. The van der Waals surface area contributed by atoms with E-state index in [4.69, 9.17) is 19.9 Å². The van der Waals surface area contributed by atoms with Gasteiger partial charge in [-0.05, 0) is 29.8 Å². The number of carbonyl (C=O) groups excluding carboxylic acids is 3. The summed E-state index contributed by atoms with van der Waals surface area (Å²) >= 11 is 0. The molecular weight excluding hydrogens is 400 g/mol. The quantitative estimate of drug-likeness (QED) is 0.416. The predicted octanol–water partition coefficient (Wildman–Crippen LogP) is 2.24. The molecule has 1 atom stereocenters. The topological polar surface area (TPSA) is 117 Å². The van der Waals surface area contributed by atoms with Gasteiger partial charge in [-0.3, -0.25) is 9.59 Å². The number of benzene rings is 2. The van der Waals surface area contributed by atoms with E-state index in [2.05, 4.69) is 5.32 Å². The summed E-state index contributed by atoms with van der Waals surface area (Å²) in [6.45, 7) is 5.70. The number of ether oxygens (including phenoxy) is 3. The fourth-order valence-electron chi connectivity index (χ4n) is 2.69. The third kappa shape index (κ3) is 8.47. The number of nitrogens with two attached hydrogens (primary N) is 1. The number of primary amides is 1. The van der Waals surface area contributed by atoms with Gasteiger partial charge >= 0.3 is 11.9 Å². The van der Waals surface area contributed by atoms with Crippen LogP contribution in [0.3, 0.4) is 0 Å². The molecule has 0 saturated carbocycles. The average molecular weight is 428 g/mol. The normalized spacial score (nSPS) is 11.6. The molecule has 0 radical (unpaired) electrons. The molecule has 2 rings (SSSR count). The Morgan fingerprint density at radius 2 is 1.71 bits per heavy atom. The molecule has 2 aromatic carbocycles. The summed E-state index contributed by atoms with van der Waals surface area (Å²) < 4.78 is 16.5. The van der Waals surface area contributed by atoms with Crippen molar-refractivity contribution in [3.63, 3.8) is 0 Å². The van der Waals surface area contributed by atoms with Crippen molar-refractivity contribution in [2.24, 2.45) is 5.73 Å². The van der Waals surface area contributed by atoms with Gasteiger partial charge in [-0.2, -0.15) is 0 Å². The Balaban J connectivity index is 2.05. The van der Waals surface area contributed by atoms with Crippen LogP contribution in [0.1, 0.15) is 36.7 Å². The number of hydrogen-bond donors (Lipinski definition) is 2.